The van der Waals surface area contributed by atoms with E-state index in [0.29, 0.717) is 12.6 Å². The summed E-state index contributed by atoms with van der Waals surface area (Å²) < 4.78 is 11.9. The SMILES string of the molecule is COCCCOc1c(Br)cccc1CNC(C)C. The molecule has 0 bridgehead atoms. The van der Waals surface area contributed by atoms with Gasteiger partial charge in [-0.25, -0.2) is 0 Å². The molecular formula is C14H22BrNO2. The van der Waals surface area contributed by atoms with Crippen LogP contribution in [-0.4, -0.2) is 26.4 Å². The second-order valence-electron chi connectivity index (χ2n) is 4.46. The maximum Gasteiger partial charge on any atom is 0.137 e. The van der Waals surface area contributed by atoms with E-state index in [4.69, 9.17) is 9.47 Å². The number of hydrogen-bond acceptors (Lipinski definition) is 3. The summed E-state index contributed by atoms with van der Waals surface area (Å²) in [5.41, 5.74) is 1.18. The monoisotopic (exact) mass is 315 g/mol. The Bertz CT molecular complexity index is 356. The van der Waals surface area contributed by atoms with Gasteiger partial charge in [0.1, 0.15) is 5.75 Å². The lowest BCUT2D eigenvalue weighted by Crippen LogP contribution is -2.22. The molecule has 1 aromatic rings. The highest BCUT2D eigenvalue weighted by Gasteiger charge is 2.08. The van der Waals surface area contributed by atoms with Crippen molar-refractivity contribution >= 4 is 15.9 Å². The van der Waals surface area contributed by atoms with Crippen LogP contribution in [0.2, 0.25) is 0 Å². The van der Waals surface area contributed by atoms with Crippen LogP contribution in [-0.2, 0) is 11.3 Å². The van der Waals surface area contributed by atoms with Gasteiger partial charge in [-0.3, -0.25) is 0 Å². The molecule has 3 nitrogen and oxygen atoms in total. The highest BCUT2D eigenvalue weighted by atomic mass is 79.9. The van der Waals surface area contributed by atoms with Gasteiger partial charge in [0, 0.05) is 38.3 Å². The minimum atomic E-state index is 0.463. The average molecular weight is 316 g/mol. The molecule has 1 rings (SSSR count). The van der Waals surface area contributed by atoms with Crippen molar-refractivity contribution in [3.8, 4) is 5.75 Å². The molecular weight excluding hydrogens is 294 g/mol. The smallest absolute Gasteiger partial charge is 0.137 e. The number of ether oxygens (including phenoxy) is 2. The Balaban J connectivity index is 2.62. The third-order valence-corrected chi connectivity index (χ3v) is 3.11. The predicted molar refractivity (Wildman–Crippen MR) is 78.1 cm³/mol. The van der Waals surface area contributed by atoms with Gasteiger partial charge in [0.25, 0.3) is 0 Å². The molecule has 0 saturated carbocycles. The minimum Gasteiger partial charge on any atom is -0.492 e. The van der Waals surface area contributed by atoms with Crippen molar-refractivity contribution in [1.82, 2.24) is 5.32 Å². The van der Waals surface area contributed by atoms with Crippen molar-refractivity contribution in [1.29, 1.82) is 0 Å². The molecule has 0 aliphatic rings. The highest BCUT2D eigenvalue weighted by Crippen LogP contribution is 2.29. The van der Waals surface area contributed by atoms with Crippen molar-refractivity contribution in [2.75, 3.05) is 20.3 Å². The molecule has 18 heavy (non-hydrogen) atoms. The average Bonchev–Trinajstić information content (AvgIpc) is 2.34. The first kappa shape index (κ1) is 15.5. The molecule has 4 heteroatoms. The van der Waals surface area contributed by atoms with Gasteiger partial charge >= 0.3 is 0 Å². The molecule has 0 aliphatic carbocycles. The number of methoxy groups -OCH3 is 1. The molecule has 1 N–H and O–H groups in total. The molecule has 0 amide bonds. The van der Waals surface area contributed by atoms with Gasteiger partial charge < -0.3 is 14.8 Å². The van der Waals surface area contributed by atoms with E-state index in [1.54, 1.807) is 7.11 Å². The zero-order chi connectivity index (χ0) is 13.4. The molecule has 0 saturated heterocycles. The van der Waals surface area contributed by atoms with Crippen molar-refractivity contribution < 1.29 is 9.47 Å². The summed E-state index contributed by atoms with van der Waals surface area (Å²) in [7, 11) is 1.70. The normalized spacial score (nSPS) is 10.9. The van der Waals surface area contributed by atoms with Crippen LogP contribution in [0.4, 0.5) is 0 Å². The fraction of sp³-hybridized carbons (Fsp3) is 0.571. The Morgan fingerprint density at radius 3 is 2.72 bits per heavy atom. The summed E-state index contributed by atoms with van der Waals surface area (Å²) in [4.78, 5) is 0. The fourth-order valence-electron chi connectivity index (χ4n) is 1.55. The zero-order valence-electron chi connectivity index (χ0n) is 11.3. The lowest BCUT2D eigenvalue weighted by atomic mass is 10.2. The molecule has 102 valence electrons. The van der Waals surface area contributed by atoms with Gasteiger partial charge in [0.2, 0.25) is 0 Å². The minimum absolute atomic E-state index is 0.463. The standard InChI is InChI=1S/C14H22BrNO2/c1-11(2)16-10-12-6-4-7-13(15)14(12)18-9-5-8-17-3/h4,6-7,11,16H,5,8-10H2,1-3H3. The van der Waals surface area contributed by atoms with Crippen LogP contribution in [0.5, 0.6) is 5.75 Å². The van der Waals surface area contributed by atoms with Gasteiger partial charge in [-0.2, -0.15) is 0 Å². The molecule has 0 fully saturated rings. The Labute approximate surface area is 118 Å². The van der Waals surface area contributed by atoms with Gasteiger partial charge in [0.15, 0.2) is 0 Å². The maximum atomic E-state index is 5.84. The summed E-state index contributed by atoms with van der Waals surface area (Å²) in [6.45, 7) is 6.49. The number of halogens is 1. The topological polar surface area (TPSA) is 30.5 Å². The van der Waals surface area contributed by atoms with E-state index in [1.165, 1.54) is 5.56 Å². The van der Waals surface area contributed by atoms with Gasteiger partial charge in [-0.15, -0.1) is 0 Å². The Hall–Kier alpha value is -0.580. The van der Waals surface area contributed by atoms with Gasteiger partial charge in [0.05, 0.1) is 11.1 Å². The van der Waals surface area contributed by atoms with E-state index >= 15 is 0 Å². The summed E-state index contributed by atoms with van der Waals surface area (Å²) in [5.74, 6) is 0.932. The Morgan fingerprint density at radius 2 is 2.06 bits per heavy atom. The summed E-state index contributed by atoms with van der Waals surface area (Å²) in [6.07, 6.45) is 0.898. The van der Waals surface area contributed by atoms with E-state index in [1.807, 2.05) is 12.1 Å². The van der Waals surface area contributed by atoms with Crippen LogP contribution >= 0.6 is 15.9 Å². The molecule has 1 aromatic carbocycles. The first-order valence-corrected chi connectivity index (χ1v) is 7.07. The molecule has 0 aromatic heterocycles. The number of para-hydroxylation sites is 1. The molecule has 0 aliphatic heterocycles. The van der Waals surface area contributed by atoms with E-state index in [2.05, 4.69) is 41.2 Å². The highest BCUT2D eigenvalue weighted by molar-refractivity contribution is 9.10. The first-order valence-electron chi connectivity index (χ1n) is 6.27. The third kappa shape index (κ3) is 5.38. The van der Waals surface area contributed by atoms with Gasteiger partial charge in [-0.1, -0.05) is 26.0 Å². The number of rotatable bonds is 8. The van der Waals surface area contributed by atoms with Crippen molar-refractivity contribution in [3.63, 3.8) is 0 Å². The van der Waals surface area contributed by atoms with Crippen LogP contribution in [0.15, 0.2) is 22.7 Å². The van der Waals surface area contributed by atoms with Crippen molar-refractivity contribution in [3.05, 3.63) is 28.2 Å². The second kappa shape index (κ2) is 8.51. The van der Waals surface area contributed by atoms with Gasteiger partial charge in [-0.05, 0) is 22.0 Å². The van der Waals surface area contributed by atoms with Crippen LogP contribution in [0, 0.1) is 0 Å². The van der Waals surface area contributed by atoms with Crippen molar-refractivity contribution in [2.24, 2.45) is 0 Å². The first-order chi connectivity index (χ1) is 8.65. The quantitative estimate of drug-likeness (QED) is 0.746. The van der Waals surface area contributed by atoms with E-state index < -0.39 is 0 Å². The lowest BCUT2D eigenvalue weighted by Gasteiger charge is -2.15. The molecule has 0 atom stereocenters. The zero-order valence-corrected chi connectivity index (χ0v) is 12.9. The number of benzene rings is 1. The van der Waals surface area contributed by atoms with Crippen LogP contribution in [0.25, 0.3) is 0 Å². The third-order valence-electron chi connectivity index (χ3n) is 2.49. The second-order valence-corrected chi connectivity index (χ2v) is 5.31. The van der Waals surface area contributed by atoms with Crippen LogP contribution in [0.1, 0.15) is 25.8 Å². The maximum absolute atomic E-state index is 5.84. The van der Waals surface area contributed by atoms with Crippen molar-refractivity contribution in [2.45, 2.75) is 32.9 Å². The molecule has 0 unspecified atom stereocenters. The summed E-state index contributed by atoms with van der Waals surface area (Å²) in [6, 6.07) is 6.59. The van der Waals surface area contributed by atoms with E-state index in [0.717, 1.165) is 29.8 Å². The predicted octanol–water partition coefficient (Wildman–Crippen LogP) is 3.36. The van der Waals surface area contributed by atoms with Crippen LogP contribution in [0.3, 0.4) is 0 Å². The fourth-order valence-corrected chi connectivity index (χ4v) is 2.07. The lowest BCUT2D eigenvalue weighted by molar-refractivity contribution is 0.171. The molecule has 0 radical (unpaired) electrons. The Kier molecular flexibility index (Phi) is 7.32. The summed E-state index contributed by atoms with van der Waals surface area (Å²) in [5, 5.41) is 3.41. The molecule has 0 spiro atoms. The number of hydrogen-bond donors (Lipinski definition) is 1. The Morgan fingerprint density at radius 1 is 1.28 bits per heavy atom. The largest absolute Gasteiger partial charge is 0.492 e. The molecule has 0 heterocycles. The summed E-state index contributed by atoms with van der Waals surface area (Å²) >= 11 is 3.54. The van der Waals surface area contributed by atoms with E-state index in [9.17, 15) is 0 Å². The van der Waals surface area contributed by atoms with E-state index in [-0.39, 0.29) is 0 Å². The number of nitrogens with one attached hydrogen (secondary N) is 1. The van der Waals surface area contributed by atoms with Crippen LogP contribution < -0.4 is 10.1 Å².